The van der Waals surface area contributed by atoms with E-state index >= 15 is 0 Å². The SMILES string of the molecule is CC(=O)Nc1ncc(-c2cn(-c3cc(C(=O)Nc4ccc(N(C)CCN(C)C)c(C(F)(F)F)c4)ccc3C)nn2)s1. The van der Waals surface area contributed by atoms with Gasteiger partial charge in [0.25, 0.3) is 5.91 Å². The predicted octanol–water partition coefficient (Wildman–Crippen LogP) is 4.93. The Labute approximate surface area is 238 Å². The summed E-state index contributed by atoms with van der Waals surface area (Å²) < 4.78 is 43.3. The molecular weight excluding hydrogens is 557 g/mol. The van der Waals surface area contributed by atoms with Crippen LogP contribution >= 0.6 is 11.3 Å². The molecule has 0 saturated heterocycles. The number of alkyl halides is 3. The summed E-state index contributed by atoms with van der Waals surface area (Å²) in [7, 11) is 5.30. The topological polar surface area (TPSA) is 108 Å². The normalized spacial score (nSPS) is 11.5. The molecule has 0 aliphatic heterocycles. The van der Waals surface area contributed by atoms with Crippen molar-refractivity contribution in [1.29, 1.82) is 0 Å². The number of likely N-dealkylation sites (N-methyl/N-ethyl adjacent to an activating group) is 2. The number of aryl methyl sites for hydroxylation is 1. The molecule has 2 aromatic heterocycles. The predicted molar refractivity (Wildman–Crippen MR) is 153 cm³/mol. The first kappa shape index (κ1) is 29.7. The van der Waals surface area contributed by atoms with Crippen molar-refractivity contribution >= 4 is 39.7 Å². The van der Waals surface area contributed by atoms with Gasteiger partial charge in [0.1, 0.15) is 5.69 Å². The van der Waals surface area contributed by atoms with Crippen LogP contribution in [0.5, 0.6) is 0 Å². The van der Waals surface area contributed by atoms with Crippen LogP contribution in [0, 0.1) is 6.92 Å². The molecule has 0 unspecified atom stereocenters. The molecule has 216 valence electrons. The number of nitrogens with one attached hydrogen (secondary N) is 2. The van der Waals surface area contributed by atoms with Crippen LogP contribution < -0.4 is 15.5 Å². The fourth-order valence-electron chi connectivity index (χ4n) is 3.94. The molecule has 0 aliphatic rings. The summed E-state index contributed by atoms with van der Waals surface area (Å²) in [5, 5.41) is 14.0. The highest BCUT2D eigenvalue weighted by Crippen LogP contribution is 2.38. The number of carbonyl (C=O) groups is 2. The van der Waals surface area contributed by atoms with E-state index in [1.54, 1.807) is 42.5 Å². The maximum absolute atomic E-state index is 13.9. The molecule has 0 aliphatic carbocycles. The first-order valence-corrected chi connectivity index (χ1v) is 13.3. The minimum Gasteiger partial charge on any atom is -0.373 e. The molecule has 0 atom stereocenters. The number of rotatable bonds is 9. The van der Waals surface area contributed by atoms with Crippen LogP contribution in [0.4, 0.5) is 29.7 Å². The molecule has 0 fully saturated rings. The highest BCUT2D eigenvalue weighted by atomic mass is 32.1. The molecule has 2 N–H and O–H groups in total. The van der Waals surface area contributed by atoms with Gasteiger partial charge in [-0.2, -0.15) is 13.2 Å². The van der Waals surface area contributed by atoms with Crippen molar-refractivity contribution in [2.75, 3.05) is 49.8 Å². The average Bonchev–Trinajstić information content (AvgIpc) is 3.56. The van der Waals surface area contributed by atoms with Crippen molar-refractivity contribution in [3.8, 4) is 16.3 Å². The third-order valence-corrected chi connectivity index (χ3v) is 7.04. The fourth-order valence-corrected chi connectivity index (χ4v) is 4.75. The van der Waals surface area contributed by atoms with Gasteiger partial charge in [0, 0.05) is 50.2 Å². The monoisotopic (exact) mass is 586 g/mol. The highest BCUT2D eigenvalue weighted by molar-refractivity contribution is 7.19. The lowest BCUT2D eigenvalue weighted by atomic mass is 10.1. The van der Waals surface area contributed by atoms with Gasteiger partial charge < -0.3 is 20.4 Å². The van der Waals surface area contributed by atoms with Gasteiger partial charge in [-0.15, -0.1) is 5.10 Å². The second kappa shape index (κ2) is 12.1. The van der Waals surface area contributed by atoms with E-state index in [1.165, 1.54) is 35.1 Å². The largest absolute Gasteiger partial charge is 0.418 e. The zero-order valence-electron chi connectivity index (χ0n) is 23.1. The Morgan fingerprint density at radius 2 is 1.80 bits per heavy atom. The molecular formula is C27H29F3N8O2S. The first-order valence-electron chi connectivity index (χ1n) is 12.5. The van der Waals surface area contributed by atoms with Crippen molar-refractivity contribution in [2.24, 2.45) is 0 Å². The number of nitrogens with zero attached hydrogens (tertiary/aromatic N) is 6. The number of aromatic nitrogens is 4. The lowest BCUT2D eigenvalue weighted by molar-refractivity contribution is -0.137. The molecule has 2 heterocycles. The smallest absolute Gasteiger partial charge is 0.373 e. The van der Waals surface area contributed by atoms with E-state index < -0.39 is 17.6 Å². The number of hydrogen-bond donors (Lipinski definition) is 2. The summed E-state index contributed by atoms with van der Waals surface area (Å²) in [6, 6.07) is 8.66. The summed E-state index contributed by atoms with van der Waals surface area (Å²) in [6.45, 7) is 4.20. The van der Waals surface area contributed by atoms with E-state index in [9.17, 15) is 22.8 Å². The Kier molecular flexibility index (Phi) is 8.73. The van der Waals surface area contributed by atoms with Gasteiger partial charge >= 0.3 is 6.18 Å². The molecule has 0 bridgehead atoms. The van der Waals surface area contributed by atoms with Crippen LogP contribution in [-0.2, 0) is 11.0 Å². The van der Waals surface area contributed by atoms with Gasteiger partial charge in [0.15, 0.2) is 5.13 Å². The van der Waals surface area contributed by atoms with Crippen LogP contribution in [0.2, 0.25) is 0 Å². The minimum atomic E-state index is -4.61. The number of hydrogen-bond acceptors (Lipinski definition) is 8. The van der Waals surface area contributed by atoms with E-state index in [0.29, 0.717) is 34.5 Å². The van der Waals surface area contributed by atoms with Crippen molar-refractivity contribution in [1.82, 2.24) is 24.9 Å². The summed E-state index contributed by atoms with van der Waals surface area (Å²) in [4.78, 5) is 32.6. The lowest BCUT2D eigenvalue weighted by Gasteiger charge is -2.25. The van der Waals surface area contributed by atoms with Crippen LogP contribution in [-0.4, -0.2) is 70.9 Å². The van der Waals surface area contributed by atoms with Gasteiger partial charge in [-0.05, 0) is 56.9 Å². The van der Waals surface area contributed by atoms with Crippen molar-refractivity contribution < 1.29 is 22.8 Å². The molecule has 0 spiro atoms. The Hall–Kier alpha value is -4.30. The highest BCUT2D eigenvalue weighted by Gasteiger charge is 2.35. The Morgan fingerprint density at radius 1 is 1.05 bits per heavy atom. The number of halogens is 3. The van der Waals surface area contributed by atoms with Gasteiger partial charge in [0.2, 0.25) is 5.91 Å². The van der Waals surface area contributed by atoms with E-state index in [0.717, 1.165) is 11.6 Å². The number of benzene rings is 2. The fraction of sp³-hybridized carbons (Fsp3) is 0.296. The van der Waals surface area contributed by atoms with Crippen LogP contribution in [0.25, 0.3) is 16.3 Å². The summed E-state index contributed by atoms with van der Waals surface area (Å²) in [5.74, 6) is -0.811. The second-order valence-electron chi connectivity index (χ2n) is 9.67. The van der Waals surface area contributed by atoms with Crippen molar-refractivity contribution in [2.45, 2.75) is 20.0 Å². The number of amides is 2. The Bertz CT molecular complexity index is 1560. The van der Waals surface area contributed by atoms with E-state index in [2.05, 4.69) is 25.9 Å². The second-order valence-corrected chi connectivity index (χ2v) is 10.7. The molecule has 14 heteroatoms. The van der Waals surface area contributed by atoms with Crippen LogP contribution in [0.15, 0.2) is 48.8 Å². The maximum Gasteiger partial charge on any atom is 0.418 e. The van der Waals surface area contributed by atoms with E-state index in [4.69, 9.17) is 0 Å². The van der Waals surface area contributed by atoms with Gasteiger partial charge in [-0.3, -0.25) is 9.59 Å². The van der Waals surface area contributed by atoms with E-state index in [1.807, 2.05) is 25.9 Å². The maximum atomic E-state index is 13.9. The van der Waals surface area contributed by atoms with Gasteiger partial charge in [0.05, 0.1) is 22.3 Å². The Morgan fingerprint density at radius 3 is 2.49 bits per heavy atom. The molecule has 4 aromatic rings. The average molecular weight is 587 g/mol. The summed E-state index contributed by atoms with van der Waals surface area (Å²) in [6.07, 6.45) is -1.37. The zero-order valence-corrected chi connectivity index (χ0v) is 23.9. The van der Waals surface area contributed by atoms with Crippen molar-refractivity contribution in [3.05, 3.63) is 65.5 Å². The van der Waals surface area contributed by atoms with Crippen LogP contribution in [0.1, 0.15) is 28.4 Å². The minimum absolute atomic E-state index is 0.0254. The molecule has 4 rings (SSSR count). The van der Waals surface area contributed by atoms with Gasteiger partial charge in [-0.1, -0.05) is 22.6 Å². The molecule has 2 amide bonds. The molecule has 41 heavy (non-hydrogen) atoms. The molecule has 0 radical (unpaired) electrons. The zero-order chi connectivity index (χ0) is 29.9. The molecule has 2 aromatic carbocycles. The van der Waals surface area contributed by atoms with Crippen molar-refractivity contribution in [3.63, 3.8) is 0 Å². The lowest BCUT2D eigenvalue weighted by Crippen LogP contribution is -2.30. The van der Waals surface area contributed by atoms with Crippen LogP contribution in [0.3, 0.4) is 0 Å². The standard InChI is InChI=1S/C27H29F3N8O2S/c1-16-6-7-18(12-23(16)38-15-21(34-35-38)24-14-31-26(41-24)32-17(2)39)25(40)33-19-8-9-22(20(13-19)27(28,29)30)37(5)11-10-36(3)4/h6-9,12-15H,10-11H2,1-5H3,(H,33,40)(H,31,32,39). The number of carbonyl (C=O) groups excluding carboxylic acids is 2. The molecule has 0 saturated carbocycles. The Balaban J connectivity index is 1.55. The number of thiazole rings is 1. The third kappa shape index (κ3) is 7.27. The quantitative estimate of drug-likeness (QED) is 0.287. The van der Waals surface area contributed by atoms with E-state index in [-0.39, 0.29) is 22.8 Å². The third-order valence-electron chi connectivity index (χ3n) is 6.11. The summed E-state index contributed by atoms with van der Waals surface area (Å²) in [5.41, 5.74) is 1.33. The summed E-state index contributed by atoms with van der Waals surface area (Å²) >= 11 is 1.24. The van der Waals surface area contributed by atoms with Gasteiger partial charge in [-0.25, -0.2) is 9.67 Å². The molecule has 10 nitrogen and oxygen atoms in total. The first-order chi connectivity index (χ1) is 19.3. The number of anilines is 3.